The van der Waals surface area contributed by atoms with Gasteiger partial charge in [0.1, 0.15) is 5.82 Å². The largest absolute Gasteiger partial charge is 0.353 e. The molecule has 0 saturated carbocycles. The topological polar surface area (TPSA) is 28.2 Å². The van der Waals surface area contributed by atoms with E-state index in [4.69, 9.17) is 0 Å². The highest BCUT2D eigenvalue weighted by Crippen LogP contribution is 2.23. The predicted octanol–water partition coefficient (Wildman–Crippen LogP) is 1.64. The highest BCUT2D eigenvalue weighted by molar-refractivity contribution is 9.10. The normalized spacial score (nSPS) is 22.4. The van der Waals surface area contributed by atoms with Crippen LogP contribution in [0, 0.1) is 0 Å². The van der Waals surface area contributed by atoms with Crippen LogP contribution in [0.25, 0.3) is 0 Å². The fourth-order valence-electron chi connectivity index (χ4n) is 1.73. The van der Waals surface area contributed by atoms with Crippen LogP contribution in [0.1, 0.15) is 6.92 Å². The van der Waals surface area contributed by atoms with Crippen LogP contribution in [0.2, 0.25) is 0 Å². The van der Waals surface area contributed by atoms with Crippen molar-refractivity contribution in [1.82, 2.24) is 10.3 Å². The Morgan fingerprint density at radius 2 is 2.50 bits per heavy atom. The minimum absolute atomic E-state index is 0.539. The number of nitrogens with zero attached hydrogens (tertiary/aromatic N) is 2. The Kier molecular flexibility index (Phi) is 3.03. The number of hydrogen-bond acceptors (Lipinski definition) is 3. The lowest BCUT2D eigenvalue weighted by Crippen LogP contribution is -2.49. The molecule has 1 aromatic heterocycles. The molecule has 4 heteroatoms. The van der Waals surface area contributed by atoms with E-state index in [1.54, 1.807) is 0 Å². The van der Waals surface area contributed by atoms with Crippen LogP contribution in [-0.4, -0.2) is 30.7 Å². The molecule has 76 valence electrons. The molecular weight excluding hydrogens is 242 g/mol. The Morgan fingerprint density at radius 1 is 1.64 bits per heavy atom. The van der Waals surface area contributed by atoms with Gasteiger partial charge in [-0.15, -0.1) is 0 Å². The van der Waals surface area contributed by atoms with Crippen LogP contribution in [-0.2, 0) is 0 Å². The third kappa shape index (κ3) is 2.07. The number of piperazine rings is 1. The molecular formula is C10H14BrN3. The molecule has 1 aliphatic rings. The van der Waals surface area contributed by atoms with E-state index >= 15 is 0 Å². The van der Waals surface area contributed by atoms with Crippen molar-refractivity contribution in [3.8, 4) is 0 Å². The third-order valence-corrected chi connectivity index (χ3v) is 3.03. The predicted molar refractivity (Wildman–Crippen MR) is 61.6 cm³/mol. The average Bonchev–Trinajstić information content (AvgIpc) is 2.18. The van der Waals surface area contributed by atoms with Crippen molar-refractivity contribution in [2.24, 2.45) is 0 Å². The standard InChI is InChI=1S/C10H14BrN3/c1-8-7-14(6-5-12-8)10-9(11)3-2-4-13-10/h2-4,8,12H,5-7H2,1H3/t8-/m1/s1. The molecule has 0 unspecified atom stereocenters. The van der Waals surface area contributed by atoms with Crippen molar-refractivity contribution in [3.63, 3.8) is 0 Å². The molecule has 2 rings (SSSR count). The van der Waals surface area contributed by atoms with Gasteiger partial charge in [-0.05, 0) is 35.0 Å². The second kappa shape index (κ2) is 4.28. The molecule has 0 amide bonds. The molecule has 0 spiro atoms. The summed E-state index contributed by atoms with van der Waals surface area (Å²) in [6.07, 6.45) is 1.84. The first kappa shape index (κ1) is 9.93. The van der Waals surface area contributed by atoms with E-state index in [2.05, 4.69) is 38.1 Å². The second-order valence-corrected chi connectivity index (χ2v) is 4.46. The Labute approximate surface area is 92.6 Å². The van der Waals surface area contributed by atoms with Gasteiger partial charge in [0, 0.05) is 31.9 Å². The number of pyridine rings is 1. The van der Waals surface area contributed by atoms with Crippen LogP contribution < -0.4 is 10.2 Å². The molecule has 1 atom stereocenters. The summed E-state index contributed by atoms with van der Waals surface area (Å²) in [6, 6.07) is 4.52. The van der Waals surface area contributed by atoms with E-state index in [1.807, 2.05) is 18.3 Å². The fraction of sp³-hybridized carbons (Fsp3) is 0.500. The van der Waals surface area contributed by atoms with Gasteiger partial charge in [0.2, 0.25) is 0 Å². The Morgan fingerprint density at radius 3 is 3.21 bits per heavy atom. The van der Waals surface area contributed by atoms with Crippen molar-refractivity contribution in [3.05, 3.63) is 22.8 Å². The maximum absolute atomic E-state index is 4.39. The lowest BCUT2D eigenvalue weighted by Gasteiger charge is -2.33. The first-order valence-corrected chi connectivity index (χ1v) is 5.65. The first-order valence-electron chi connectivity index (χ1n) is 4.86. The van der Waals surface area contributed by atoms with Crippen molar-refractivity contribution >= 4 is 21.7 Å². The Balaban J connectivity index is 2.18. The second-order valence-electron chi connectivity index (χ2n) is 3.61. The van der Waals surface area contributed by atoms with Gasteiger partial charge < -0.3 is 10.2 Å². The molecule has 1 N–H and O–H groups in total. The van der Waals surface area contributed by atoms with Gasteiger partial charge in [-0.3, -0.25) is 0 Å². The van der Waals surface area contributed by atoms with Gasteiger partial charge in [-0.2, -0.15) is 0 Å². The number of nitrogens with one attached hydrogen (secondary N) is 1. The van der Waals surface area contributed by atoms with Crippen LogP contribution in [0.3, 0.4) is 0 Å². The van der Waals surface area contributed by atoms with Gasteiger partial charge >= 0.3 is 0 Å². The van der Waals surface area contributed by atoms with Crippen molar-refractivity contribution in [2.75, 3.05) is 24.5 Å². The van der Waals surface area contributed by atoms with Gasteiger partial charge in [0.05, 0.1) is 4.47 Å². The summed E-state index contributed by atoms with van der Waals surface area (Å²) in [4.78, 5) is 6.70. The summed E-state index contributed by atoms with van der Waals surface area (Å²) in [7, 11) is 0. The molecule has 14 heavy (non-hydrogen) atoms. The van der Waals surface area contributed by atoms with Crippen molar-refractivity contribution in [2.45, 2.75) is 13.0 Å². The van der Waals surface area contributed by atoms with Gasteiger partial charge in [-0.1, -0.05) is 0 Å². The number of rotatable bonds is 1. The van der Waals surface area contributed by atoms with E-state index in [0.717, 1.165) is 29.9 Å². The van der Waals surface area contributed by atoms with Crippen LogP contribution >= 0.6 is 15.9 Å². The number of hydrogen-bond donors (Lipinski definition) is 1. The number of aromatic nitrogens is 1. The lowest BCUT2D eigenvalue weighted by atomic mass is 10.2. The molecule has 0 aliphatic carbocycles. The van der Waals surface area contributed by atoms with Crippen molar-refractivity contribution < 1.29 is 0 Å². The minimum Gasteiger partial charge on any atom is -0.353 e. The van der Waals surface area contributed by atoms with Crippen LogP contribution in [0.4, 0.5) is 5.82 Å². The van der Waals surface area contributed by atoms with Crippen LogP contribution in [0.15, 0.2) is 22.8 Å². The molecule has 0 radical (unpaired) electrons. The summed E-state index contributed by atoms with van der Waals surface area (Å²) in [5, 5.41) is 3.42. The number of anilines is 1. The molecule has 1 aromatic rings. The monoisotopic (exact) mass is 255 g/mol. The minimum atomic E-state index is 0.539. The zero-order valence-corrected chi connectivity index (χ0v) is 9.79. The zero-order valence-electron chi connectivity index (χ0n) is 8.20. The summed E-state index contributed by atoms with van der Waals surface area (Å²) in [6.45, 7) is 5.28. The lowest BCUT2D eigenvalue weighted by molar-refractivity contribution is 0.482. The summed E-state index contributed by atoms with van der Waals surface area (Å²) in [5.74, 6) is 1.06. The van der Waals surface area contributed by atoms with E-state index in [0.29, 0.717) is 6.04 Å². The number of halogens is 1. The highest BCUT2D eigenvalue weighted by atomic mass is 79.9. The molecule has 0 aromatic carbocycles. The zero-order chi connectivity index (χ0) is 9.97. The molecule has 0 bridgehead atoms. The van der Waals surface area contributed by atoms with Gasteiger partial charge in [0.25, 0.3) is 0 Å². The summed E-state index contributed by atoms with van der Waals surface area (Å²) in [5.41, 5.74) is 0. The van der Waals surface area contributed by atoms with E-state index in [-0.39, 0.29) is 0 Å². The van der Waals surface area contributed by atoms with Crippen LogP contribution in [0.5, 0.6) is 0 Å². The summed E-state index contributed by atoms with van der Waals surface area (Å²) < 4.78 is 1.08. The maximum Gasteiger partial charge on any atom is 0.142 e. The van der Waals surface area contributed by atoms with E-state index < -0.39 is 0 Å². The van der Waals surface area contributed by atoms with Gasteiger partial charge in [-0.25, -0.2) is 4.98 Å². The highest BCUT2D eigenvalue weighted by Gasteiger charge is 2.18. The smallest absolute Gasteiger partial charge is 0.142 e. The molecule has 1 aliphatic heterocycles. The van der Waals surface area contributed by atoms with E-state index in [9.17, 15) is 0 Å². The average molecular weight is 256 g/mol. The third-order valence-electron chi connectivity index (χ3n) is 2.41. The Hall–Kier alpha value is -0.610. The SMILES string of the molecule is C[C@@H]1CN(c2ncccc2Br)CCN1. The quantitative estimate of drug-likeness (QED) is 0.828. The molecule has 1 fully saturated rings. The van der Waals surface area contributed by atoms with E-state index in [1.165, 1.54) is 0 Å². The maximum atomic E-state index is 4.39. The van der Waals surface area contributed by atoms with Crippen molar-refractivity contribution in [1.29, 1.82) is 0 Å². The fourth-order valence-corrected chi connectivity index (χ4v) is 2.24. The Bertz CT molecular complexity index is 316. The first-order chi connectivity index (χ1) is 6.77. The molecule has 2 heterocycles. The molecule has 1 saturated heterocycles. The summed E-state index contributed by atoms with van der Waals surface area (Å²) >= 11 is 3.53. The molecule has 3 nitrogen and oxygen atoms in total. The van der Waals surface area contributed by atoms with Gasteiger partial charge in [0.15, 0.2) is 0 Å².